The molecule has 2 heterocycles. The molecular formula is C19H17N3O2. The van der Waals surface area contributed by atoms with Gasteiger partial charge in [-0.3, -0.25) is 0 Å². The highest BCUT2D eigenvalue weighted by Crippen LogP contribution is 2.40. The van der Waals surface area contributed by atoms with Crippen LogP contribution >= 0.6 is 0 Å². The summed E-state index contributed by atoms with van der Waals surface area (Å²) in [4.78, 5) is 4.43. The molecule has 1 aliphatic heterocycles. The van der Waals surface area contributed by atoms with E-state index >= 15 is 0 Å². The smallest absolute Gasteiger partial charge is 0.155 e. The predicted molar refractivity (Wildman–Crippen MR) is 93.4 cm³/mol. The van der Waals surface area contributed by atoms with Gasteiger partial charge < -0.3 is 20.1 Å². The molecule has 0 aliphatic carbocycles. The molecule has 0 amide bonds. The Hall–Kier alpha value is -2.89. The van der Waals surface area contributed by atoms with Crippen molar-refractivity contribution in [2.75, 3.05) is 0 Å². The first-order valence-electron chi connectivity index (χ1n) is 7.75. The second kappa shape index (κ2) is 5.96. The van der Waals surface area contributed by atoms with Gasteiger partial charge in [-0.05, 0) is 29.3 Å². The molecule has 2 aromatic carbocycles. The van der Waals surface area contributed by atoms with Gasteiger partial charge in [-0.2, -0.15) is 0 Å². The summed E-state index contributed by atoms with van der Waals surface area (Å²) in [5, 5.41) is 22.7. The molecule has 5 heteroatoms. The van der Waals surface area contributed by atoms with E-state index in [1.54, 1.807) is 0 Å². The fourth-order valence-electron chi connectivity index (χ4n) is 3.02. The first kappa shape index (κ1) is 14.7. The van der Waals surface area contributed by atoms with Crippen LogP contribution in [0.15, 0.2) is 65.8 Å². The van der Waals surface area contributed by atoms with Crippen molar-refractivity contribution in [1.29, 1.82) is 0 Å². The van der Waals surface area contributed by atoms with E-state index in [4.69, 9.17) is 0 Å². The summed E-state index contributed by atoms with van der Waals surface area (Å²) in [6.45, 7) is -0.0195. The van der Waals surface area contributed by atoms with Crippen LogP contribution in [0.25, 0.3) is 16.8 Å². The second-order valence-electron chi connectivity index (χ2n) is 5.67. The minimum atomic E-state index is -0.824. The Morgan fingerprint density at radius 2 is 1.92 bits per heavy atom. The van der Waals surface area contributed by atoms with E-state index in [-0.39, 0.29) is 6.61 Å². The van der Waals surface area contributed by atoms with Gasteiger partial charge in [0.1, 0.15) is 5.82 Å². The molecule has 1 aromatic heterocycles. The van der Waals surface area contributed by atoms with E-state index in [9.17, 15) is 10.2 Å². The normalized spacial score (nSPS) is 15.8. The Balaban J connectivity index is 1.95. The van der Waals surface area contributed by atoms with Crippen LogP contribution in [0.5, 0.6) is 0 Å². The third-order valence-corrected chi connectivity index (χ3v) is 4.17. The van der Waals surface area contributed by atoms with E-state index < -0.39 is 6.23 Å². The molecule has 0 bridgehead atoms. The van der Waals surface area contributed by atoms with Crippen molar-refractivity contribution in [2.45, 2.75) is 12.8 Å². The summed E-state index contributed by atoms with van der Waals surface area (Å²) in [6, 6.07) is 17.6. The average Bonchev–Trinajstić information content (AvgIpc) is 3.04. The maximum absolute atomic E-state index is 10.4. The SMILES string of the molecule is OCc1cccc(-c2cn(-c3ccccc3)c3c2C(O)NC=N3)c1. The number of aromatic nitrogens is 1. The van der Waals surface area contributed by atoms with Gasteiger partial charge in [0, 0.05) is 17.4 Å². The molecule has 0 radical (unpaired) electrons. The molecule has 0 fully saturated rings. The van der Waals surface area contributed by atoms with Crippen molar-refractivity contribution < 1.29 is 10.2 Å². The van der Waals surface area contributed by atoms with Crippen LogP contribution < -0.4 is 5.32 Å². The van der Waals surface area contributed by atoms with E-state index in [1.807, 2.05) is 65.4 Å². The van der Waals surface area contributed by atoms with Crippen molar-refractivity contribution >= 4 is 12.2 Å². The molecule has 3 aromatic rings. The first-order chi connectivity index (χ1) is 11.8. The van der Waals surface area contributed by atoms with Gasteiger partial charge in [-0.1, -0.05) is 36.4 Å². The number of hydrogen-bond acceptors (Lipinski definition) is 4. The Labute approximate surface area is 139 Å². The monoisotopic (exact) mass is 319 g/mol. The molecule has 0 saturated carbocycles. The number of fused-ring (bicyclic) bond motifs is 1. The average molecular weight is 319 g/mol. The topological polar surface area (TPSA) is 69.8 Å². The lowest BCUT2D eigenvalue weighted by molar-refractivity contribution is 0.164. The summed E-state index contributed by atoms with van der Waals surface area (Å²) >= 11 is 0. The number of benzene rings is 2. The lowest BCUT2D eigenvalue weighted by Crippen LogP contribution is -2.22. The number of hydrogen-bond donors (Lipinski definition) is 3. The van der Waals surface area contributed by atoms with Crippen LogP contribution in [0, 0.1) is 0 Å². The maximum atomic E-state index is 10.4. The molecule has 24 heavy (non-hydrogen) atoms. The quantitative estimate of drug-likeness (QED) is 0.695. The van der Waals surface area contributed by atoms with Crippen molar-refractivity contribution in [3.63, 3.8) is 0 Å². The summed E-state index contributed by atoms with van der Waals surface area (Å²) in [6.07, 6.45) is 2.67. The second-order valence-corrected chi connectivity index (χ2v) is 5.67. The number of aliphatic hydroxyl groups is 2. The van der Waals surface area contributed by atoms with E-state index in [2.05, 4.69) is 10.3 Å². The number of nitrogens with zero attached hydrogens (tertiary/aromatic N) is 2. The molecule has 1 aliphatic rings. The van der Waals surface area contributed by atoms with E-state index in [1.165, 1.54) is 6.34 Å². The van der Waals surface area contributed by atoms with E-state index in [0.717, 1.165) is 27.9 Å². The summed E-state index contributed by atoms with van der Waals surface area (Å²) in [5.74, 6) is 0.705. The molecule has 120 valence electrons. The molecule has 0 spiro atoms. The Bertz CT molecular complexity index is 900. The van der Waals surface area contributed by atoms with Crippen LogP contribution in [0.3, 0.4) is 0 Å². The van der Waals surface area contributed by atoms with Crippen LogP contribution in [-0.4, -0.2) is 21.1 Å². The van der Waals surface area contributed by atoms with Crippen molar-refractivity contribution in [3.8, 4) is 16.8 Å². The molecule has 1 atom stereocenters. The molecule has 5 nitrogen and oxygen atoms in total. The number of rotatable bonds is 3. The summed E-state index contributed by atoms with van der Waals surface area (Å²) in [7, 11) is 0. The molecule has 3 N–H and O–H groups in total. The van der Waals surface area contributed by atoms with Crippen LogP contribution in [-0.2, 0) is 6.61 Å². The van der Waals surface area contributed by atoms with Crippen molar-refractivity contribution in [2.24, 2.45) is 4.99 Å². The van der Waals surface area contributed by atoms with Gasteiger partial charge in [0.15, 0.2) is 6.23 Å². The van der Waals surface area contributed by atoms with Gasteiger partial charge in [-0.15, -0.1) is 0 Å². The van der Waals surface area contributed by atoms with Crippen molar-refractivity contribution in [3.05, 3.63) is 71.9 Å². The van der Waals surface area contributed by atoms with Crippen LogP contribution in [0.2, 0.25) is 0 Å². The Morgan fingerprint density at radius 1 is 1.08 bits per heavy atom. The van der Waals surface area contributed by atoms with Crippen molar-refractivity contribution in [1.82, 2.24) is 9.88 Å². The standard InChI is InChI=1S/C19H17N3O2/c23-11-13-5-4-6-14(9-13)16-10-22(15-7-2-1-3-8-15)18-17(16)19(24)21-12-20-18/h1-10,12,19,23-24H,11H2,(H,20,21). The highest BCUT2D eigenvalue weighted by Gasteiger charge is 2.25. The molecule has 1 unspecified atom stereocenters. The number of para-hydroxylation sites is 1. The highest BCUT2D eigenvalue weighted by molar-refractivity contribution is 5.79. The Kier molecular flexibility index (Phi) is 3.65. The number of aliphatic hydroxyl groups excluding tert-OH is 2. The predicted octanol–water partition coefficient (Wildman–Crippen LogP) is 2.89. The number of nitrogens with one attached hydrogen (secondary N) is 1. The molecular weight excluding hydrogens is 302 g/mol. The third-order valence-electron chi connectivity index (χ3n) is 4.17. The van der Waals surface area contributed by atoms with Crippen LogP contribution in [0.1, 0.15) is 17.4 Å². The van der Waals surface area contributed by atoms with Gasteiger partial charge in [0.05, 0.1) is 18.5 Å². The molecule has 0 saturated heterocycles. The molecule has 4 rings (SSSR count). The van der Waals surface area contributed by atoms with E-state index in [0.29, 0.717) is 5.82 Å². The summed E-state index contributed by atoms with van der Waals surface area (Å²) < 4.78 is 1.97. The van der Waals surface area contributed by atoms with Gasteiger partial charge in [0.25, 0.3) is 0 Å². The number of aliphatic imine (C=N–C) groups is 1. The minimum Gasteiger partial charge on any atom is -0.392 e. The zero-order valence-electron chi connectivity index (χ0n) is 12.9. The zero-order chi connectivity index (χ0) is 16.5. The first-order valence-corrected chi connectivity index (χ1v) is 7.75. The third kappa shape index (κ3) is 2.40. The lowest BCUT2D eigenvalue weighted by Gasteiger charge is -2.18. The highest BCUT2D eigenvalue weighted by atomic mass is 16.3. The zero-order valence-corrected chi connectivity index (χ0v) is 12.9. The fourth-order valence-corrected chi connectivity index (χ4v) is 3.02. The van der Waals surface area contributed by atoms with Gasteiger partial charge in [-0.25, -0.2) is 4.99 Å². The maximum Gasteiger partial charge on any atom is 0.155 e. The van der Waals surface area contributed by atoms with Gasteiger partial charge in [0.2, 0.25) is 0 Å². The Morgan fingerprint density at radius 3 is 2.71 bits per heavy atom. The minimum absolute atomic E-state index is 0.0195. The fraction of sp³-hybridized carbons (Fsp3) is 0.105. The largest absolute Gasteiger partial charge is 0.392 e. The summed E-state index contributed by atoms with van der Waals surface area (Å²) in [5.41, 5.74) is 4.36. The van der Waals surface area contributed by atoms with Gasteiger partial charge >= 0.3 is 0 Å². The van der Waals surface area contributed by atoms with Crippen LogP contribution in [0.4, 0.5) is 5.82 Å². The lowest BCUT2D eigenvalue weighted by atomic mass is 10.0.